The summed E-state index contributed by atoms with van der Waals surface area (Å²) < 4.78 is 0. The van der Waals surface area contributed by atoms with Crippen molar-refractivity contribution in [1.82, 2.24) is 0 Å². The van der Waals surface area contributed by atoms with E-state index in [1.165, 1.54) is 11.3 Å². The van der Waals surface area contributed by atoms with Gasteiger partial charge in [0.05, 0.1) is 10.8 Å². The first kappa shape index (κ1) is 12.3. The van der Waals surface area contributed by atoms with Gasteiger partial charge in [0.25, 0.3) is 0 Å². The number of aryl methyl sites for hydroxylation is 1. The fraction of sp³-hybridized carbons (Fsp3) is 0.538. The van der Waals surface area contributed by atoms with E-state index in [0.29, 0.717) is 23.6 Å². The number of carbonyl (C=O) groups excluding carboxylic acids is 1. The Kier molecular flexibility index (Phi) is 3.33. The van der Waals surface area contributed by atoms with Crippen LogP contribution in [0.3, 0.4) is 0 Å². The third-order valence-corrected chi connectivity index (χ3v) is 4.45. The fourth-order valence-electron chi connectivity index (χ4n) is 2.60. The average molecular weight is 252 g/mol. The average Bonchev–Trinajstić information content (AvgIpc) is 2.83. The predicted octanol–water partition coefficient (Wildman–Crippen LogP) is 2.99. The maximum absolute atomic E-state index is 12.3. The van der Waals surface area contributed by atoms with E-state index >= 15 is 0 Å². The van der Waals surface area contributed by atoms with Crippen molar-refractivity contribution in [2.24, 2.45) is 17.8 Å². The molecule has 2 rings (SSSR count). The molecule has 92 valence electrons. The molecule has 1 aromatic rings. The van der Waals surface area contributed by atoms with Crippen molar-refractivity contribution in [1.29, 1.82) is 0 Å². The first-order chi connectivity index (χ1) is 7.99. The van der Waals surface area contributed by atoms with Gasteiger partial charge >= 0.3 is 5.97 Å². The van der Waals surface area contributed by atoms with Gasteiger partial charge in [-0.15, -0.1) is 11.3 Å². The number of rotatable bonds is 3. The quantitative estimate of drug-likeness (QED) is 0.841. The zero-order chi connectivity index (χ0) is 12.6. The summed E-state index contributed by atoms with van der Waals surface area (Å²) in [6.07, 6.45) is 1.32. The molecule has 1 aliphatic rings. The highest BCUT2D eigenvalue weighted by Crippen LogP contribution is 2.39. The van der Waals surface area contributed by atoms with Crippen molar-refractivity contribution in [3.63, 3.8) is 0 Å². The molecule has 0 bridgehead atoms. The Hall–Kier alpha value is -1.16. The van der Waals surface area contributed by atoms with Crippen LogP contribution in [0.2, 0.25) is 0 Å². The van der Waals surface area contributed by atoms with Crippen LogP contribution in [0.1, 0.15) is 34.3 Å². The lowest BCUT2D eigenvalue weighted by Crippen LogP contribution is -2.24. The van der Waals surface area contributed by atoms with E-state index in [2.05, 4.69) is 0 Å². The van der Waals surface area contributed by atoms with E-state index in [0.717, 1.165) is 4.88 Å². The third kappa shape index (κ3) is 2.41. The monoisotopic (exact) mass is 252 g/mol. The molecular weight excluding hydrogens is 236 g/mol. The predicted molar refractivity (Wildman–Crippen MR) is 66.4 cm³/mol. The number of carboxylic acids is 1. The van der Waals surface area contributed by atoms with Crippen LogP contribution in [-0.4, -0.2) is 16.9 Å². The van der Waals surface area contributed by atoms with Gasteiger partial charge in [0.15, 0.2) is 5.78 Å². The molecule has 1 heterocycles. The molecule has 1 aromatic heterocycles. The molecule has 0 spiro atoms. The molecular formula is C13H16O3S. The molecule has 1 fully saturated rings. The highest BCUT2D eigenvalue weighted by Gasteiger charge is 2.41. The molecule has 0 amide bonds. The lowest BCUT2D eigenvalue weighted by molar-refractivity contribution is -0.142. The Morgan fingerprint density at radius 2 is 1.94 bits per heavy atom. The Balaban J connectivity index is 2.21. The summed E-state index contributed by atoms with van der Waals surface area (Å²) in [5.74, 6) is -1.33. The minimum atomic E-state index is -0.832. The third-order valence-electron chi connectivity index (χ3n) is 3.44. The van der Waals surface area contributed by atoms with Crippen LogP contribution >= 0.6 is 11.3 Å². The van der Waals surface area contributed by atoms with Gasteiger partial charge in [0.2, 0.25) is 0 Å². The molecule has 4 heteroatoms. The van der Waals surface area contributed by atoms with Gasteiger partial charge in [0.1, 0.15) is 0 Å². The molecule has 1 saturated carbocycles. The molecule has 0 saturated heterocycles. The van der Waals surface area contributed by atoms with Gasteiger partial charge in [-0.1, -0.05) is 6.92 Å². The van der Waals surface area contributed by atoms with Crippen LogP contribution in [0.15, 0.2) is 12.1 Å². The maximum atomic E-state index is 12.3. The first-order valence-corrected chi connectivity index (χ1v) is 6.64. The van der Waals surface area contributed by atoms with Gasteiger partial charge in [0, 0.05) is 10.8 Å². The second-order valence-corrected chi connectivity index (χ2v) is 6.19. The van der Waals surface area contributed by atoms with Crippen molar-refractivity contribution in [3.8, 4) is 0 Å². The van der Waals surface area contributed by atoms with Crippen LogP contribution in [0.4, 0.5) is 0 Å². The Morgan fingerprint density at radius 3 is 2.47 bits per heavy atom. The number of hydrogen-bond acceptors (Lipinski definition) is 3. The van der Waals surface area contributed by atoms with E-state index in [4.69, 9.17) is 5.11 Å². The van der Waals surface area contributed by atoms with Crippen LogP contribution in [0.5, 0.6) is 0 Å². The summed E-state index contributed by atoms with van der Waals surface area (Å²) in [6.45, 7) is 3.97. The van der Waals surface area contributed by atoms with E-state index < -0.39 is 11.9 Å². The lowest BCUT2D eigenvalue weighted by Gasteiger charge is -2.12. The van der Waals surface area contributed by atoms with Crippen molar-refractivity contribution in [3.05, 3.63) is 21.9 Å². The van der Waals surface area contributed by atoms with Crippen molar-refractivity contribution < 1.29 is 14.7 Å². The van der Waals surface area contributed by atoms with Gasteiger partial charge in [-0.3, -0.25) is 9.59 Å². The topological polar surface area (TPSA) is 54.4 Å². The van der Waals surface area contributed by atoms with Gasteiger partial charge in [-0.2, -0.15) is 0 Å². The highest BCUT2D eigenvalue weighted by molar-refractivity contribution is 7.14. The Bertz CT molecular complexity index is 449. The molecule has 3 atom stereocenters. The standard InChI is InChI=1S/C13H16O3S/c1-7-5-9(10(6-7)13(15)16)12(14)11-4-3-8(2)17-11/h3-4,7,9-10H,5-6H2,1-2H3,(H,15,16). The largest absolute Gasteiger partial charge is 0.481 e. The second kappa shape index (κ2) is 4.61. The van der Waals surface area contributed by atoms with Gasteiger partial charge in [-0.25, -0.2) is 0 Å². The number of hydrogen-bond donors (Lipinski definition) is 1. The van der Waals surface area contributed by atoms with Crippen LogP contribution < -0.4 is 0 Å². The van der Waals surface area contributed by atoms with Crippen molar-refractivity contribution in [2.45, 2.75) is 26.7 Å². The van der Waals surface area contributed by atoms with Crippen LogP contribution in [0.25, 0.3) is 0 Å². The minimum Gasteiger partial charge on any atom is -0.481 e. The second-order valence-electron chi connectivity index (χ2n) is 4.90. The number of thiophene rings is 1. The number of carboxylic acid groups (broad SMARTS) is 1. The maximum Gasteiger partial charge on any atom is 0.307 e. The van der Waals surface area contributed by atoms with E-state index in [-0.39, 0.29) is 11.7 Å². The fourth-order valence-corrected chi connectivity index (χ4v) is 3.48. The highest BCUT2D eigenvalue weighted by atomic mass is 32.1. The molecule has 0 aromatic carbocycles. The summed E-state index contributed by atoms with van der Waals surface area (Å²) >= 11 is 1.46. The van der Waals surface area contributed by atoms with Crippen LogP contribution in [-0.2, 0) is 4.79 Å². The molecule has 1 N–H and O–H groups in total. The van der Waals surface area contributed by atoms with E-state index in [9.17, 15) is 9.59 Å². The zero-order valence-electron chi connectivity index (χ0n) is 9.97. The summed E-state index contributed by atoms with van der Waals surface area (Å²) in [5.41, 5.74) is 0. The molecule has 3 unspecified atom stereocenters. The van der Waals surface area contributed by atoms with Crippen LogP contribution in [0, 0.1) is 24.7 Å². The van der Waals surface area contributed by atoms with E-state index in [1.54, 1.807) is 0 Å². The normalized spacial score (nSPS) is 28.2. The number of carbonyl (C=O) groups is 2. The summed E-state index contributed by atoms with van der Waals surface area (Å²) in [5, 5.41) is 9.15. The molecule has 3 nitrogen and oxygen atoms in total. The number of ketones is 1. The van der Waals surface area contributed by atoms with E-state index in [1.807, 2.05) is 26.0 Å². The molecule has 0 radical (unpaired) electrons. The lowest BCUT2D eigenvalue weighted by atomic mass is 9.91. The summed E-state index contributed by atoms with van der Waals surface area (Å²) in [6, 6.07) is 3.72. The number of aliphatic carboxylic acids is 1. The minimum absolute atomic E-state index is 0.0138. The Labute approximate surface area is 104 Å². The molecule has 17 heavy (non-hydrogen) atoms. The van der Waals surface area contributed by atoms with Gasteiger partial charge < -0.3 is 5.11 Å². The smallest absolute Gasteiger partial charge is 0.307 e. The van der Waals surface area contributed by atoms with Crippen molar-refractivity contribution in [2.75, 3.05) is 0 Å². The summed E-state index contributed by atoms with van der Waals surface area (Å²) in [4.78, 5) is 25.2. The number of Topliss-reactive ketones (excluding diaryl/α,β-unsaturated/α-hetero) is 1. The Morgan fingerprint density at radius 1 is 1.29 bits per heavy atom. The van der Waals surface area contributed by atoms with Crippen molar-refractivity contribution >= 4 is 23.1 Å². The zero-order valence-corrected chi connectivity index (χ0v) is 10.8. The first-order valence-electron chi connectivity index (χ1n) is 5.82. The molecule has 1 aliphatic carbocycles. The SMILES string of the molecule is Cc1ccc(C(=O)C2CC(C)CC2C(=O)O)s1. The van der Waals surface area contributed by atoms with Gasteiger partial charge in [-0.05, 0) is 37.8 Å². The summed E-state index contributed by atoms with van der Waals surface area (Å²) in [7, 11) is 0. The molecule has 0 aliphatic heterocycles.